The summed E-state index contributed by atoms with van der Waals surface area (Å²) in [6.07, 6.45) is 5.06. The summed E-state index contributed by atoms with van der Waals surface area (Å²) in [5.41, 5.74) is 1.15. The van der Waals surface area contributed by atoms with Crippen molar-refractivity contribution in [2.75, 3.05) is 13.4 Å². The second-order valence-electron chi connectivity index (χ2n) is 4.69. The average Bonchev–Trinajstić information content (AvgIpc) is 2.85. The lowest BCUT2D eigenvalue weighted by molar-refractivity contribution is 0.0627. The zero-order valence-electron chi connectivity index (χ0n) is 11.3. The Kier molecular flexibility index (Phi) is 4.88. The van der Waals surface area contributed by atoms with E-state index in [-0.39, 0.29) is 6.10 Å². The van der Waals surface area contributed by atoms with Gasteiger partial charge < -0.3 is 14.2 Å². The molecule has 1 aliphatic heterocycles. The van der Waals surface area contributed by atoms with Gasteiger partial charge in [-0.2, -0.15) is 0 Å². The topological polar surface area (TPSA) is 27.7 Å². The van der Waals surface area contributed by atoms with Gasteiger partial charge in [0, 0.05) is 6.61 Å². The summed E-state index contributed by atoms with van der Waals surface area (Å²) in [6, 6.07) is 6.01. The van der Waals surface area contributed by atoms with E-state index in [0.29, 0.717) is 6.79 Å². The molecule has 2 rings (SSSR count). The lowest BCUT2D eigenvalue weighted by Crippen LogP contribution is -2.01. The van der Waals surface area contributed by atoms with Gasteiger partial charge in [-0.15, -0.1) is 0 Å². The minimum absolute atomic E-state index is 0.112. The average molecular weight is 250 g/mol. The largest absolute Gasteiger partial charge is 0.454 e. The number of hydrogen-bond donors (Lipinski definition) is 0. The van der Waals surface area contributed by atoms with Gasteiger partial charge in [-0.1, -0.05) is 32.3 Å². The van der Waals surface area contributed by atoms with Crippen molar-refractivity contribution in [3.63, 3.8) is 0 Å². The predicted molar refractivity (Wildman–Crippen MR) is 71.1 cm³/mol. The van der Waals surface area contributed by atoms with Gasteiger partial charge >= 0.3 is 0 Å². The number of benzene rings is 1. The standard InChI is InChI=1S/C15H22O3/c1-3-4-5-6-9-16-12(2)13-7-8-14-15(10-13)18-11-17-14/h7-8,10,12H,3-6,9,11H2,1-2H3. The van der Waals surface area contributed by atoms with Gasteiger partial charge in [-0.25, -0.2) is 0 Å². The van der Waals surface area contributed by atoms with Crippen LogP contribution in [0, 0.1) is 0 Å². The van der Waals surface area contributed by atoms with Crippen molar-refractivity contribution >= 4 is 0 Å². The Labute approximate surface area is 109 Å². The number of rotatable bonds is 7. The van der Waals surface area contributed by atoms with Crippen molar-refractivity contribution in [1.29, 1.82) is 0 Å². The fraction of sp³-hybridized carbons (Fsp3) is 0.600. The van der Waals surface area contributed by atoms with Crippen molar-refractivity contribution in [2.45, 2.75) is 45.6 Å². The van der Waals surface area contributed by atoms with E-state index in [0.717, 1.165) is 30.1 Å². The van der Waals surface area contributed by atoms with Crippen LogP contribution in [-0.4, -0.2) is 13.4 Å². The summed E-state index contributed by atoms with van der Waals surface area (Å²) in [6.45, 7) is 5.45. The molecular weight excluding hydrogens is 228 g/mol. The van der Waals surface area contributed by atoms with Crippen LogP contribution in [0.25, 0.3) is 0 Å². The summed E-state index contributed by atoms with van der Waals surface area (Å²) >= 11 is 0. The highest BCUT2D eigenvalue weighted by atomic mass is 16.7. The Morgan fingerprint density at radius 3 is 2.83 bits per heavy atom. The number of ether oxygens (including phenoxy) is 3. The quantitative estimate of drug-likeness (QED) is 0.683. The zero-order valence-corrected chi connectivity index (χ0v) is 11.3. The Balaban J connectivity index is 1.80. The third-order valence-corrected chi connectivity index (χ3v) is 3.23. The molecule has 0 radical (unpaired) electrons. The molecule has 18 heavy (non-hydrogen) atoms. The lowest BCUT2D eigenvalue weighted by atomic mass is 10.1. The Bertz CT molecular complexity index is 376. The summed E-state index contributed by atoms with van der Waals surface area (Å²) in [5.74, 6) is 1.66. The van der Waals surface area contributed by atoms with E-state index in [1.807, 2.05) is 18.2 Å². The first-order chi connectivity index (χ1) is 8.81. The Morgan fingerprint density at radius 1 is 1.17 bits per heavy atom. The second kappa shape index (κ2) is 6.64. The first kappa shape index (κ1) is 13.2. The van der Waals surface area contributed by atoms with Gasteiger partial charge in [0.15, 0.2) is 11.5 Å². The maximum absolute atomic E-state index is 5.84. The van der Waals surface area contributed by atoms with E-state index in [1.165, 1.54) is 19.3 Å². The highest BCUT2D eigenvalue weighted by Gasteiger charge is 2.15. The van der Waals surface area contributed by atoms with Crippen LogP contribution in [-0.2, 0) is 4.74 Å². The third-order valence-electron chi connectivity index (χ3n) is 3.23. The van der Waals surface area contributed by atoms with Gasteiger partial charge in [-0.05, 0) is 31.0 Å². The summed E-state index contributed by atoms with van der Waals surface area (Å²) in [7, 11) is 0. The normalized spacial score (nSPS) is 14.8. The molecule has 0 fully saturated rings. The van der Waals surface area contributed by atoms with Crippen LogP contribution < -0.4 is 9.47 Å². The highest BCUT2D eigenvalue weighted by molar-refractivity contribution is 5.44. The summed E-state index contributed by atoms with van der Waals surface area (Å²) < 4.78 is 16.5. The number of fused-ring (bicyclic) bond motifs is 1. The van der Waals surface area contributed by atoms with Crippen molar-refractivity contribution in [2.24, 2.45) is 0 Å². The number of hydrogen-bond acceptors (Lipinski definition) is 3. The van der Waals surface area contributed by atoms with Crippen LogP contribution in [0.15, 0.2) is 18.2 Å². The van der Waals surface area contributed by atoms with E-state index in [1.54, 1.807) is 0 Å². The Hall–Kier alpha value is -1.22. The maximum Gasteiger partial charge on any atom is 0.231 e. The maximum atomic E-state index is 5.84. The van der Waals surface area contributed by atoms with E-state index in [9.17, 15) is 0 Å². The highest BCUT2D eigenvalue weighted by Crippen LogP contribution is 2.34. The molecule has 0 saturated carbocycles. The molecule has 1 aromatic rings. The summed E-state index contributed by atoms with van der Waals surface area (Å²) in [4.78, 5) is 0. The molecule has 1 aromatic carbocycles. The minimum Gasteiger partial charge on any atom is -0.454 e. The molecule has 0 N–H and O–H groups in total. The molecule has 1 heterocycles. The molecule has 3 nitrogen and oxygen atoms in total. The first-order valence-electron chi connectivity index (χ1n) is 6.82. The second-order valence-corrected chi connectivity index (χ2v) is 4.69. The fourth-order valence-electron chi connectivity index (χ4n) is 2.05. The third kappa shape index (κ3) is 3.39. The molecule has 0 bridgehead atoms. The molecule has 1 atom stereocenters. The van der Waals surface area contributed by atoms with Gasteiger partial charge in [0.1, 0.15) is 0 Å². The van der Waals surface area contributed by atoms with Crippen molar-refractivity contribution in [3.05, 3.63) is 23.8 Å². The van der Waals surface area contributed by atoms with Gasteiger partial charge in [-0.3, -0.25) is 0 Å². The fourth-order valence-corrected chi connectivity index (χ4v) is 2.05. The molecule has 100 valence electrons. The predicted octanol–water partition coefficient (Wildman–Crippen LogP) is 4.07. The van der Waals surface area contributed by atoms with E-state index in [4.69, 9.17) is 14.2 Å². The van der Waals surface area contributed by atoms with Crippen LogP contribution >= 0.6 is 0 Å². The molecule has 0 aromatic heterocycles. The molecule has 0 saturated heterocycles. The van der Waals surface area contributed by atoms with Crippen LogP contribution in [0.3, 0.4) is 0 Å². The van der Waals surface area contributed by atoms with Gasteiger partial charge in [0.2, 0.25) is 6.79 Å². The van der Waals surface area contributed by atoms with Crippen LogP contribution in [0.2, 0.25) is 0 Å². The van der Waals surface area contributed by atoms with Crippen molar-refractivity contribution in [3.8, 4) is 11.5 Å². The molecule has 0 spiro atoms. The van der Waals surface area contributed by atoms with Gasteiger partial charge in [0.25, 0.3) is 0 Å². The van der Waals surface area contributed by atoms with Crippen LogP contribution in [0.5, 0.6) is 11.5 Å². The van der Waals surface area contributed by atoms with E-state index >= 15 is 0 Å². The zero-order chi connectivity index (χ0) is 12.8. The van der Waals surface area contributed by atoms with E-state index < -0.39 is 0 Å². The lowest BCUT2D eigenvalue weighted by Gasteiger charge is -2.13. The SMILES string of the molecule is CCCCCCOC(C)c1ccc2c(c1)OCO2. The molecule has 0 aliphatic carbocycles. The van der Waals surface area contributed by atoms with Crippen LogP contribution in [0.4, 0.5) is 0 Å². The Morgan fingerprint density at radius 2 is 2.00 bits per heavy atom. The molecule has 0 amide bonds. The molecule has 1 aliphatic rings. The monoisotopic (exact) mass is 250 g/mol. The van der Waals surface area contributed by atoms with Crippen molar-refractivity contribution < 1.29 is 14.2 Å². The summed E-state index contributed by atoms with van der Waals surface area (Å²) in [5, 5.41) is 0. The van der Waals surface area contributed by atoms with E-state index in [2.05, 4.69) is 13.8 Å². The van der Waals surface area contributed by atoms with Crippen LogP contribution in [0.1, 0.15) is 51.2 Å². The van der Waals surface area contributed by atoms with Crippen molar-refractivity contribution in [1.82, 2.24) is 0 Å². The molecular formula is C15H22O3. The number of unbranched alkanes of at least 4 members (excludes halogenated alkanes) is 3. The smallest absolute Gasteiger partial charge is 0.231 e. The molecule has 3 heteroatoms. The first-order valence-corrected chi connectivity index (χ1v) is 6.82. The van der Waals surface area contributed by atoms with Gasteiger partial charge in [0.05, 0.1) is 6.10 Å². The minimum atomic E-state index is 0.112. The molecule has 1 unspecified atom stereocenters.